The Kier molecular flexibility index (Phi) is 6.87. The number of benzene rings is 2. The number of hydrogen-bond donors (Lipinski definition) is 5. The van der Waals surface area contributed by atoms with Crippen molar-refractivity contribution in [2.75, 3.05) is 41.8 Å². The Morgan fingerprint density at radius 3 is 2.74 bits per heavy atom. The second-order valence-corrected chi connectivity index (χ2v) is 8.20. The lowest BCUT2D eigenvalue weighted by Crippen LogP contribution is -2.36. The van der Waals surface area contributed by atoms with E-state index in [4.69, 9.17) is 10.5 Å². The predicted molar refractivity (Wildman–Crippen MR) is 129 cm³/mol. The highest BCUT2D eigenvalue weighted by Gasteiger charge is 2.20. The molecule has 2 aromatic carbocycles. The van der Waals surface area contributed by atoms with Gasteiger partial charge in [-0.1, -0.05) is 19.1 Å². The van der Waals surface area contributed by atoms with Crippen LogP contribution in [0.5, 0.6) is 5.75 Å². The number of rotatable bonds is 8. The number of phenols is 1. The summed E-state index contributed by atoms with van der Waals surface area (Å²) in [7, 11) is 0. The molecule has 1 saturated heterocycles. The summed E-state index contributed by atoms with van der Waals surface area (Å²) in [6.07, 6.45) is 0.700. The second-order valence-electron chi connectivity index (χ2n) is 8.20. The first-order chi connectivity index (χ1) is 16.4. The number of nitrogens with zero attached hydrogens (tertiary/aromatic N) is 2. The van der Waals surface area contributed by atoms with Gasteiger partial charge in [0.1, 0.15) is 22.9 Å². The first-order valence-corrected chi connectivity index (χ1v) is 11.2. The van der Waals surface area contributed by atoms with Crippen molar-refractivity contribution in [3.8, 4) is 5.75 Å². The maximum absolute atomic E-state index is 14.8. The maximum atomic E-state index is 14.8. The number of halogens is 1. The van der Waals surface area contributed by atoms with Crippen LogP contribution in [0.1, 0.15) is 34.0 Å². The van der Waals surface area contributed by atoms with Crippen molar-refractivity contribution in [2.24, 2.45) is 5.73 Å². The molecule has 10 heteroatoms. The number of phenolic OH excluding ortho intramolecular Hbond substituents is 1. The van der Waals surface area contributed by atoms with E-state index in [0.29, 0.717) is 62.2 Å². The summed E-state index contributed by atoms with van der Waals surface area (Å²) in [5.41, 5.74) is 9.27. The number of aromatic hydroxyl groups is 1. The molecule has 1 fully saturated rings. The number of carbonyl (C=O) groups is 1. The van der Waals surface area contributed by atoms with Gasteiger partial charge in [-0.2, -0.15) is 5.10 Å². The summed E-state index contributed by atoms with van der Waals surface area (Å²) in [6, 6.07) is 8.57. The molecule has 4 rings (SSSR count). The van der Waals surface area contributed by atoms with Gasteiger partial charge >= 0.3 is 0 Å². The van der Waals surface area contributed by atoms with Crippen molar-refractivity contribution < 1.29 is 19.0 Å². The Morgan fingerprint density at radius 2 is 2.06 bits per heavy atom. The SMILES string of the molecule is CCc1cc(CNc2[nH]nc(Nc3ccc(N4CCOCC4)c(F)c3)c2C(N)=O)cc(C)c1O. The zero-order valence-corrected chi connectivity index (χ0v) is 19.2. The number of morpholine rings is 1. The molecule has 9 nitrogen and oxygen atoms in total. The van der Waals surface area contributed by atoms with E-state index in [9.17, 15) is 14.3 Å². The van der Waals surface area contributed by atoms with E-state index in [1.54, 1.807) is 12.1 Å². The second kappa shape index (κ2) is 10.0. The third-order valence-corrected chi connectivity index (χ3v) is 5.86. The number of nitrogens with two attached hydrogens (primary N) is 1. The zero-order valence-electron chi connectivity index (χ0n) is 19.2. The van der Waals surface area contributed by atoms with Gasteiger partial charge in [0.15, 0.2) is 5.82 Å². The van der Waals surface area contributed by atoms with Crippen LogP contribution in [0.2, 0.25) is 0 Å². The molecule has 2 heterocycles. The fourth-order valence-electron chi connectivity index (χ4n) is 4.08. The van der Waals surface area contributed by atoms with Crippen molar-refractivity contribution in [2.45, 2.75) is 26.8 Å². The topological polar surface area (TPSA) is 129 Å². The van der Waals surface area contributed by atoms with Crippen LogP contribution >= 0.6 is 0 Å². The van der Waals surface area contributed by atoms with Crippen LogP contribution in [0, 0.1) is 12.7 Å². The molecule has 1 aliphatic rings. The van der Waals surface area contributed by atoms with E-state index in [2.05, 4.69) is 20.8 Å². The molecule has 1 aromatic heterocycles. The summed E-state index contributed by atoms with van der Waals surface area (Å²) in [6.45, 7) is 6.59. The number of aryl methyl sites for hydroxylation is 2. The minimum atomic E-state index is -0.680. The Morgan fingerprint density at radius 1 is 1.29 bits per heavy atom. The standard InChI is InChI=1S/C24H29FN6O3/c1-3-16-11-15(10-14(2)21(16)32)13-27-23-20(22(26)33)24(30-29-23)28-17-4-5-19(18(25)12-17)31-6-8-34-9-7-31/h4-5,10-12,32H,3,6-9,13H2,1-2H3,(H2,26,33)(H3,27,28,29,30). The maximum Gasteiger partial charge on any atom is 0.256 e. The van der Waals surface area contributed by atoms with Crippen LogP contribution in [0.4, 0.5) is 27.4 Å². The van der Waals surface area contributed by atoms with Gasteiger partial charge in [0, 0.05) is 25.3 Å². The van der Waals surface area contributed by atoms with Crippen LogP contribution in [-0.2, 0) is 17.7 Å². The van der Waals surface area contributed by atoms with E-state index in [1.807, 2.05) is 30.9 Å². The quantitative estimate of drug-likeness (QED) is 0.343. The lowest BCUT2D eigenvalue weighted by atomic mass is 10.0. The molecular weight excluding hydrogens is 439 g/mol. The molecule has 0 atom stereocenters. The summed E-state index contributed by atoms with van der Waals surface area (Å²) < 4.78 is 20.1. The molecule has 34 heavy (non-hydrogen) atoms. The van der Waals surface area contributed by atoms with Crippen molar-refractivity contribution in [1.29, 1.82) is 0 Å². The van der Waals surface area contributed by atoms with E-state index in [0.717, 1.165) is 16.7 Å². The molecule has 3 aromatic rings. The van der Waals surface area contributed by atoms with E-state index in [1.165, 1.54) is 6.07 Å². The van der Waals surface area contributed by atoms with Gasteiger partial charge in [0.05, 0.1) is 18.9 Å². The average molecular weight is 469 g/mol. The fourth-order valence-corrected chi connectivity index (χ4v) is 4.08. The number of carbonyl (C=O) groups excluding carboxylic acids is 1. The Bertz CT molecular complexity index is 1190. The van der Waals surface area contributed by atoms with Gasteiger partial charge in [0.25, 0.3) is 5.91 Å². The predicted octanol–water partition coefficient (Wildman–Crippen LogP) is 3.42. The molecule has 0 spiro atoms. The summed E-state index contributed by atoms with van der Waals surface area (Å²) in [4.78, 5) is 14.1. The minimum Gasteiger partial charge on any atom is -0.507 e. The van der Waals surface area contributed by atoms with Gasteiger partial charge in [-0.25, -0.2) is 4.39 Å². The van der Waals surface area contributed by atoms with Crippen LogP contribution in [0.3, 0.4) is 0 Å². The summed E-state index contributed by atoms with van der Waals surface area (Å²) in [5.74, 6) is -0.214. The van der Waals surface area contributed by atoms with Crippen LogP contribution < -0.4 is 21.3 Å². The molecule has 0 bridgehead atoms. The van der Waals surface area contributed by atoms with E-state index >= 15 is 0 Å². The molecule has 1 aliphatic heterocycles. The van der Waals surface area contributed by atoms with E-state index in [-0.39, 0.29) is 17.2 Å². The molecule has 0 unspecified atom stereocenters. The third-order valence-electron chi connectivity index (χ3n) is 5.86. The molecule has 6 N–H and O–H groups in total. The number of aromatic amines is 1. The van der Waals surface area contributed by atoms with Crippen molar-refractivity contribution in [3.63, 3.8) is 0 Å². The highest BCUT2D eigenvalue weighted by molar-refractivity contribution is 6.03. The third kappa shape index (κ3) is 4.91. The number of amides is 1. The van der Waals surface area contributed by atoms with Gasteiger partial charge in [-0.3, -0.25) is 9.89 Å². The van der Waals surface area contributed by atoms with Crippen molar-refractivity contribution >= 4 is 28.9 Å². The number of nitrogens with one attached hydrogen (secondary N) is 3. The van der Waals surface area contributed by atoms with Crippen molar-refractivity contribution in [1.82, 2.24) is 10.2 Å². The Labute approximate surface area is 197 Å². The summed E-state index contributed by atoms with van der Waals surface area (Å²) >= 11 is 0. The molecule has 0 radical (unpaired) electrons. The Balaban J connectivity index is 1.51. The van der Waals surface area contributed by atoms with Crippen LogP contribution in [-0.4, -0.2) is 47.5 Å². The fraction of sp³-hybridized carbons (Fsp3) is 0.333. The molecule has 0 saturated carbocycles. The number of aromatic nitrogens is 2. The largest absolute Gasteiger partial charge is 0.507 e. The highest BCUT2D eigenvalue weighted by atomic mass is 19.1. The average Bonchev–Trinajstić information content (AvgIpc) is 3.23. The molecular formula is C24H29FN6O3. The number of hydrogen-bond acceptors (Lipinski definition) is 7. The van der Waals surface area contributed by atoms with E-state index < -0.39 is 5.91 Å². The van der Waals surface area contributed by atoms with Gasteiger partial charge in [-0.15, -0.1) is 0 Å². The van der Waals surface area contributed by atoms with Gasteiger partial charge < -0.3 is 31.1 Å². The van der Waals surface area contributed by atoms with Crippen molar-refractivity contribution in [3.05, 3.63) is 58.4 Å². The van der Waals surface area contributed by atoms with Crippen LogP contribution in [0.25, 0.3) is 0 Å². The minimum absolute atomic E-state index is 0.142. The first kappa shape index (κ1) is 23.4. The number of ether oxygens (including phenoxy) is 1. The summed E-state index contributed by atoms with van der Waals surface area (Å²) in [5, 5.41) is 23.2. The molecule has 180 valence electrons. The number of primary amides is 1. The van der Waals surface area contributed by atoms with Crippen LogP contribution in [0.15, 0.2) is 30.3 Å². The molecule has 1 amide bonds. The number of H-pyrrole nitrogens is 1. The number of anilines is 4. The first-order valence-electron chi connectivity index (χ1n) is 11.2. The smallest absolute Gasteiger partial charge is 0.256 e. The molecule has 0 aliphatic carbocycles. The lowest BCUT2D eigenvalue weighted by Gasteiger charge is -2.29. The zero-order chi connectivity index (χ0) is 24.2. The van der Waals surface area contributed by atoms with Gasteiger partial charge in [0.2, 0.25) is 0 Å². The van der Waals surface area contributed by atoms with Gasteiger partial charge in [-0.05, 0) is 48.2 Å². The monoisotopic (exact) mass is 468 g/mol. The highest BCUT2D eigenvalue weighted by Crippen LogP contribution is 2.29. The Hall–Kier alpha value is -3.79. The normalized spacial score (nSPS) is 13.7. The lowest BCUT2D eigenvalue weighted by molar-refractivity contribution is 0.100.